The summed E-state index contributed by atoms with van der Waals surface area (Å²) in [7, 11) is 0. The predicted octanol–water partition coefficient (Wildman–Crippen LogP) is 4.10. The first-order valence-corrected chi connectivity index (χ1v) is 7.09. The molecule has 0 aliphatic heterocycles. The lowest BCUT2D eigenvalue weighted by molar-refractivity contribution is 0.0959. The van der Waals surface area contributed by atoms with Crippen LogP contribution in [0.2, 0.25) is 0 Å². The lowest BCUT2D eigenvalue weighted by Gasteiger charge is -2.25. The summed E-state index contributed by atoms with van der Waals surface area (Å²) in [6.45, 7) is 0. The van der Waals surface area contributed by atoms with E-state index in [9.17, 15) is 13.6 Å². The number of rotatable bonds is 2. The van der Waals surface area contributed by atoms with E-state index < -0.39 is 23.8 Å². The van der Waals surface area contributed by atoms with E-state index in [2.05, 4.69) is 0 Å². The first kappa shape index (κ1) is 14.5. The molecule has 1 aliphatic rings. The summed E-state index contributed by atoms with van der Waals surface area (Å²) in [6, 6.07) is 8.70. The molecule has 0 saturated heterocycles. The average molecular weight is 303 g/mol. The predicted molar refractivity (Wildman–Crippen MR) is 78.1 cm³/mol. The fourth-order valence-electron chi connectivity index (χ4n) is 2.90. The van der Waals surface area contributed by atoms with Crippen molar-refractivity contribution in [3.63, 3.8) is 0 Å². The second-order valence-electron chi connectivity index (χ2n) is 5.36. The summed E-state index contributed by atoms with van der Waals surface area (Å²) in [5.41, 5.74) is 7.69. The first-order valence-electron chi connectivity index (χ1n) is 7.09. The number of benzene rings is 2. The highest BCUT2D eigenvalue weighted by molar-refractivity contribution is 5.67. The van der Waals surface area contributed by atoms with Crippen molar-refractivity contribution in [1.29, 1.82) is 0 Å². The Morgan fingerprint density at radius 2 is 2.00 bits per heavy atom. The normalized spacial score (nSPS) is 16.9. The zero-order chi connectivity index (χ0) is 15.7. The fourth-order valence-corrected chi connectivity index (χ4v) is 2.90. The Hall–Kier alpha value is -2.43. The molecule has 3 rings (SSSR count). The van der Waals surface area contributed by atoms with Gasteiger partial charge in [0.05, 0.1) is 0 Å². The molecule has 0 aromatic heterocycles. The number of carbonyl (C=O) groups is 1. The number of carbonyl (C=O) groups excluding carboxylic acids is 1. The smallest absolute Gasteiger partial charge is 0.405 e. The molecular weight excluding hydrogens is 288 g/mol. The summed E-state index contributed by atoms with van der Waals surface area (Å²) in [5.74, 6) is -0.997. The Balaban J connectivity index is 2.05. The molecule has 0 spiro atoms. The van der Waals surface area contributed by atoms with Crippen LogP contribution in [0.4, 0.5) is 13.6 Å². The zero-order valence-electron chi connectivity index (χ0n) is 11.8. The number of ether oxygens (including phenoxy) is 1. The maximum Gasteiger partial charge on any atom is 0.405 e. The quantitative estimate of drug-likeness (QED) is 0.908. The van der Waals surface area contributed by atoms with Gasteiger partial charge in [0, 0.05) is 5.56 Å². The van der Waals surface area contributed by atoms with Gasteiger partial charge < -0.3 is 10.5 Å². The number of amides is 1. The van der Waals surface area contributed by atoms with Gasteiger partial charge in [-0.2, -0.15) is 0 Å². The molecule has 0 heterocycles. The van der Waals surface area contributed by atoms with E-state index in [1.165, 1.54) is 0 Å². The molecule has 0 radical (unpaired) electrons. The maximum atomic E-state index is 13.9. The minimum absolute atomic E-state index is 0.186. The lowest BCUT2D eigenvalue weighted by atomic mass is 9.87. The first-order chi connectivity index (χ1) is 10.5. The van der Waals surface area contributed by atoms with Crippen LogP contribution in [0, 0.1) is 11.6 Å². The van der Waals surface area contributed by atoms with E-state index in [1.807, 2.05) is 6.07 Å². The fraction of sp³-hybridized carbons (Fsp3) is 0.235. The van der Waals surface area contributed by atoms with Gasteiger partial charge in [-0.15, -0.1) is 0 Å². The minimum atomic E-state index is -0.833. The highest BCUT2D eigenvalue weighted by Gasteiger charge is 2.23. The van der Waals surface area contributed by atoms with Crippen LogP contribution in [0.1, 0.15) is 30.1 Å². The van der Waals surface area contributed by atoms with Crippen molar-refractivity contribution >= 4 is 6.09 Å². The Kier molecular flexibility index (Phi) is 3.79. The second kappa shape index (κ2) is 5.75. The number of fused-ring (bicyclic) bond motifs is 1. The summed E-state index contributed by atoms with van der Waals surface area (Å²) >= 11 is 0. The highest BCUT2D eigenvalue weighted by atomic mass is 19.1. The summed E-state index contributed by atoms with van der Waals surface area (Å²) in [5, 5.41) is 0. The topological polar surface area (TPSA) is 52.3 Å². The van der Waals surface area contributed by atoms with Gasteiger partial charge in [-0.05, 0) is 60.2 Å². The van der Waals surface area contributed by atoms with Crippen LogP contribution in [0.5, 0.6) is 0 Å². The number of hydrogen-bond acceptors (Lipinski definition) is 2. The third kappa shape index (κ3) is 2.79. The van der Waals surface area contributed by atoms with Gasteiger partial charge in [0.15, 0.2) is 0 Å². The van der Waals surface area contributed by atoms with Crippen molar-refractivity contribution in [2.75, 3.05) is 0 Å². The number of nitrogens with two attached hydrogens (primary N) is 1. The van der Waals surface area contributed by atoms with Gasteiger partial charge >= 0.3 is 6.09 Å². The van der Waals surface area contributed by atoms with Crippen molar-refractivity contribution in [2.24, 2.45) is 5.73 Å². The van der Waals surface area contributed by atoms with Gasteiger partial charge in [-0.1, -0.05) is 12.1 Å². The van der Waals surface area contributed by atoms with Gasteiger partial charge in [-0.3, -0.25) is 0 Å². The Morgan fingerprint density at radius 1 is 1.18 bits per heavy atom. The molecular formula is C17H15F2NO2. The molecule has 2 aromatic rings. The van der Waals surface area contributed by atoms with E-state index in [-0.39, 0.29) is 5.56 Å². The zero-order valence-corrected chi connectivity index (χ0v) is 11.8. The van der Waals surface area contributed by atoms with Crippen LogP contribution >= 0.6 is 0 Å². The Labute approximate surface area is 126 Å². The van der Waals surface area contributed by atoms with Crippen LogP contribution in [0.15, 0.2) is 36.4 Å². The molecule has 3 nitrogen and oxygen atoms in total. The van der Waals surface area contributed by atoms with Crippen molar-refractivity contribution in [3.05, 3.63) is 59.2 Å². The van der Waals surface area contributed by atoms with E-state index in [0.29, 0.717) is 12.0 Å². The van der Waals surface area contributed by atoms with E-state index in [4.69, 9.17) is 10.5 Å². The SMILES string of the molecule is NC(=O)OC1CCCc2ccc(-c3cc(F)ccc3F)cc21. The molecule has 1 amide bonds. The van der Waals surface area contributed by atoms with Gasteiger partial charge in [0.1, 0.15) is 17.7 Å². The summed E-state index contributed by atoms with van der Waals surface area (Å²) in [4.78, 5) is 11.0. The average Bonchev–Trinajstić information content (AvgIpc) is 2.49. The summed E-state index contributed by atoms with van der Waals surface area (Å²) in [6.07, 6.45) is 1.15. The van der Waals surface area contributed by atoms with Gasteiger partial charge in [-0.25, -0.2) is 13.6 Å². The van der Waals surface area contributed by atoms with Gasteiger partial charge in [0.25, 0.3) is 0 Å². The molecule has 2 aromatic carbocycles. The standard InChI is InChI=1S/C17H15F2NO2/c18-12-6-7-15(19)13(9-12)11-5-4-10-2-1-3-16(14(10)8-11)22-17(20)21/h4-9,16H,1-3H2,(H2,20,21). The summed E-state index contributed by atoms with van der Waals surface area (Å²) < 4.78 is 32.4. The Bertz CT molecular complexity index is 731. The third-order valence-electron chi connectivity index (χ3n) is 3.90. The third-order valence-corrected chi connectivity index (χ3v) is 3.90. The molecule has 1 atom stereocenters. The Morgan fingerprint density at radius 3 is 2.77 bits per heavy atom. The van der Waals surface area contributed by atoms with Crippen molar-refractivity contribution < 1.29 is 18.3 Å². The van der Waals surface area contributed by atoms with Gasteiger partial charge in [0.2, 0.25) is 0 Å². The molecule has 0 bridgehead atoms. The van der Waals surface area contributed by atoms with Crippen LogP contribution in [-0.2, 0) is 11.2 Å². The molecule has 0 fully saturated rings. The maximum absolute atomic E-state index is 13.9. The largest absolute Gasteiger partial charge is 0.442 e. The number of hydrogen-bond donors (Lipinski definition) is 1. The molecule has 1 aliphatic carbocycles. The number of halogens is 2. The molecule has 22 heavy (non-hydrogen) atoms. The van der Waals surface area contributed by atoms with Crippen molar-refractivity contribution in [2.45, 2.75) is 25.4 Å². The van der Waals surface area contributed by atoms with Crippen molar-refractivity contribution in [1.82, 2.24) is 0 Å². The van der Waals surface area contributed by atoms with Crippen LogP contribution in [0.3, 0.4) is 0 Å². The molecule has 114 valence electrons. The van der Waals surface area contributed by atoms with Crippen LogP contribution < -0.4 is 5.73 Å². The second-order valence-corrected chi connectivity index (χ2v) is 5.36. The van der Waals surface area contributed by atoms with E-state index in [1.54, 1.807) is 12.1 Å². The number of aryl methyl sites for hydroxylation is 1. The van der Waals surface area contributed by atoms with E-state index in [0.717, 1.165) is 42.2 Å². The molecule has 0 saturated carbocycles. The molecule has 1 unspecified atom stereocenters. The van der Waals surface area contributed by atoms with Crippen LogP contribution in [-0.4, -0.2) is 6.09 Å². The molecule has 2 N–H and O–H groups in total. The molecule has 5 heteroatoms. The van der Waals surface area contributed by atoms with Crippen molar-refractivity contribution in [3.8, 4) is 11.1 Å². The minimum Gasteiger partial charge on any atom is -0.442 e. The lowest BCUT2D eigenvalue weighted by Crippen LogP contribution is -2.20. The van der Waals surface area contributed by atoms with E-state index >= 15 is 0 Å². The number of primary amides is 1. The highest BCUT2D eigenvalue weighted by Crippen LogP contribution is 2.36. The monoisotopic (exact) mass is 303 g/mol. The van der Waals surface area contributed by atoms with Crippen LogP contribution in [0.25, 0.3) is 11.1 Å².